The Labute approximate surface area is 169 Å². The number of fused-ring (bicyclic) bond motifs is 1. The van der Waals surface area contributed by atoms with Gasteiger partial charge in [0, 0.05) is 49.2 Å². The summed E-state index contributed by atoms with van der Waals surface area (Å²) in [5, 5.41) is 0.929. The first-order valence-electron chi connectivity index (χ1n) is 9.91. The number of carbonyl (C=O) groups excluding carboxylic acids is 2. The van der Waals surface area contributed by atoms with Crippen molar-refractivity contribution in [2.75, 3.05) is 32.8 Å². The van der Waals surface area contributed by atoms with Crippen LogP contribution in [0.4, 0.5) is 0 Å². The van der Waals surface area contributed by atoms with Crippen molar-refractivity contribution in [2.24, 2.45) is 0 Å². The molecule has 1 fully saturated rings. The molecule has 29 heavy (non-hydrogen) atoms. The third kappa shape index (κ3) is 4.03. The number of benzene rings is 2. The monoisotopic (exact) mass is 392 g/mol. The number of furan rings is 1. The Balaban J connectivity index is 1.48. The van der Waals surface area contributed by atoms with Crippen LogP contribution < -0.4 is 0 Å². The Morgan fingerprint density at radius 3 is 2.38 bits per heavy atom. The standard InChI is InChI=1S/C23H24N2O4/c1-2-28-23(27)21-19(18-10-6-7-11-20(18)29-21)16-24-12-14-25(15-13-24)22(26)17-8-4-3-5-9-17/h3-11H,2,12-16H2,1H3. The summed E-state index contributed by atoms with van der Waals surface area (Å²) >= 11 is 0. The van der Waals surface area contributed by atoms with E-state index in [1.807, 2.05) is 59.5 Å². The first kappa shape index (κ1) is 19.2. The SMILES string of the molecule is CCOC(=O)c1oc2ccccc2c1CN1CCN(C(=O)c2ccccc2)CC1. The minimum Gasteiger partial charge on any atom is -0.460 e. The van der Waals surface area contributed by atoms with Gasteiger partial charge in [-0.05, 0) is 25.1 Å². The molecule has 0 atom stereocenters. The summed E-state index contributed by atoms with van der Waals surface area (Å²) in [4.78, 5) is 29.2. The lowest BCUT2D eigenvalue weighted by Gasteiger charge is -2.34. The van der Waals surface area contributed by atoms with Crippen LogP contribution in [-0.2, 0) is 11.3 Å². The van der Waals surface area contributed by atoms with Gasteiger partial charge in [0.15, 0.2) is 0 Å². The van der Waals surface area contributed by atoms with Crippen LogP contribution in [0, 0.1) is 0 Å². The van der Waals surface area contributed by atoms with Crippen LogP contribution in [0.1, 0.15) is 33.4 Å². The number of para-hydroxylation sites is 1. The molecule has 1 saturated heterocycles. The van der Waals surface area contributed by atoms with Gasteiger partial charge < -0.3 is 14.1 Å². The van der Waals surface area contributed by atoms with Crippen LogP contribution >= 0.6 is 0 Å². The molecule has 3 aromatic rings. The lowest BCUT2D eigenvalue weighted by Crippen LogP contribution is -2.48. The molecule has 0 bridgehead atoms. The van der Waals surface area contributed by atoms with E-state index in [0.29, 0.717) is 37.4 Å². The van der Waals surface area contributed by atoms with E-state index in [4.69, 9.17) is 9.15 Å². The second-order valence-electron chi connectivity index (χ2n) is 7.06. The lowest BCUT2D eigenvalue weighted by atomic mass is 10.1. The van der Waals surface area contributed by atoms with Crippen molar-refractivity contribution in [2.45, 2.75) is 13.5 Å². The zero-order chi connectivity index (χ0) is 20.2. The number of hydrogen-bond donors (Lipinski definition) is 0. The van der Waals surface area contributed by atoms with Crippen LogP contribution in [0.15, 0.2) is 59.0 Å². The quantitative estimate of drug-likeness (QED) is 0.621. The van der Waals surface area contributed by atoms with E-state index in [9.17, 15) is 9.59 Å². The molecule has 150 valence electrons. The molecule has 0 aliphatic carbocycles. The van der Waals surface area contributed by atoms with E-state index in [1.165, 1.54) is 0 Å². The number of carbonyl (C=O) groups is 2. The summed E-state index contributed by atoms with van der Waals surface area (Å²) in [5.41, 5.74) is 2.25. The molecule has 1 aliphatic heterocycles. The van der Waals surface area contributed by atoms with Gasteiger partial charge in [-0.3, -0.25) is 9.69 Å². The fourth-order valence-corrected chi connectivity index (χ4v) is 3.71. The van der Waals surface area contributed by atoms with Gasteiger partial charge in [-0.25, -0.2) is 4.79 Å². The number of hydrogen-bond acceptors (Lipinski definition) is 5. The molecular formula is C23H24N2O4. The Kier molecular flexibility index (Phi) is 5.62. The predicted octanol–water partition coefficient (Wildman–Crippen LogP) is 3.57. The summed E-state index contributed by atoms with van der Waals surface area (Å²) in [6, 6.07) is 17.0. The minimum absolute atomic E-state index is 0.0613. The van der Waals surface area contributed by atoms with Crippen molar-refractivity contribution in [1.29, 1.82) is 0 Å². The Morgan fingerprint density at radius 2 is 1.66 bits per heavy atom. The molecule has 0 unspecified atom stereocenters. The smallest absolute Gasteiger partial charge is 0.374 e. The molecule has 4 rings (SSSR count). The van der Waals surface area contributed by atoms with E-state index in [-0.39, 0.29) is 11.7 Å². The van der Waals surface area contributed by atoms with E-state index >= 15 is 0 Å². The molecule has 2 aromatic carbocycles. The van der Waals surface area contributed by atoms with Crippen LogP contribution in [0.25, 0.3) is 11.0 Å². The van der Waals surface area contributed by atoms with Gasteiger partial charge in [0.05, 0.1) is 6.61 Å². The number of rotatable bonds is 5. The first-order valence-corrected chi connectivity index (χ1v) is 9.91. The number of piperazine rings is 1. The molecule has 1 aliphatic rings. The van der Waals surface area contributed by atoms with Crippen molar-refractivity contribution in [3.8, 4) is 0 Å². The van der Waals surface area contributed by atoms with Crippen molar-refractivity contribution in [3.63, 3.8) is 0 Å². The van der Waals surface area contributed by atoms with E-state index < -0.39 is 5.97 Å². The average molecular weight is 392 g/mol. The fraction of sp³-hybridized carbons (Fsp3) is 0.304. The predicted molar refractivity (Wildman–Crippen MR) is 110 cm³/mol. The van der Waals surface area contributed by atoms with Crippen LogP contribution in [-0.4, -0.2) is 54.5 Å². The van der Waals surface area contributed by atoms with Gasteiger partial charge in [0.1, 0.15) is 5.58 Å². The Morgan fingerprint density at radius 1 is 0.966 bits per heavy atom. The molecular weight excluding hydrogens is 368 g/mol. The van der Waals surface area contributed by atoms with E-state index in [2.05, 4.69) is 4.90 Å². The molecule has 6 heteroatoms. The molecule has 0 spiro atoms. The zero-order valence-corrected chi connectivity index (χ0v) is 16.5. The molecule has 0 N–H and O–H groups in total. The zero-order valence-electron chi connectivity index (χ0n) is 16.5. The maximum absolute atomic E-state index is 12.6. The Bertz CT molecular complexity index is 1000. The van der Waals surface area contributed by atoms with Gasteiger partial charge >= 0.3 is 5.97 Å². The number of esters is 1. The maximum Gasteiger partial charge on any atom is 0.374 e. The van der Waals surface area contributed by atoms with E-state index in [0.717, 1.165) is 24.0 Å². The van der Waals surface area contributed by atoms with Crippen LogP contribution in [0.5, 0.6) is 0 Å². The molecule has 0 saturated carbocycles. The summed E-state index contributed by atoms with van der Waals surface area (Å²) in [5.74, 6) is -0.0985. The van der Waals surface area contributed by atoms with Gasteiger partial charge in [-0.1, -0.05) is 36.4 Å². The van der Waals surface area contributed by atoms with Crippen LogP contribution in [0.3, 0.4) is 0 Å². The molecule has 1 amide bonds. The number of nitrogens with zero attached hydrogens (tertiary/aromatic N) is 2. The van der Waals surface area contributed by atoms with Crippen molar-refractivity contribution >= 4 is 22.8 Å². The normalized spacial score (nSPS) is 14.9. The minimum atomic E-state index is -0.434. The third-order valence-corrected chi connectivity index (χ3v) is 5.22. The van der Waals surface area contributed by atoms with Crippen molar-refractivity contribution < 1.29 is 18.7 Å². The molecule has 2 heterocycles. The van der Waals surface area contributed by atoms with Gasteiger partial charge in [-0.2, -0.15) is 0 Å². The summed E-state index contributed by atoms with van der Waals surface area (Å²) in [7, 11) is 0. The highest BCUT2D eigenvalue weighted by atomic mass is 16.5. The molecule has 6 nitrogen and oxygen atoms in total. The molecule has 0 radical (unpaired) electrons. The second kappa shape index (κ2) is 8.49. The maximum atomic E-state index is 12.6. The highest BCUT2D eigenvalue weighted by Gasteiger charge is 2.26. The average Bonchev–Trinajstić information content (AvgIpc) is 3.13. The highest BCUT2D eigenvalue weighted by Crippen LogP contribution is 2.28. The van der Waals surface area contributed by atoms with Crippen molar-refractivity contribution in [3.05, 3.63) is 71.5 Å². The highest BCUT2D eigenvalue weighted by molar-refractivity contribution is 5.96. The summed E-state index contributed by atoms with van der Waals surface area (Å²) in [6.07, 6.45) is 0. The van der Waals surface area contributed by atoms with E-state index in [1.54, 1.807) is 6.92 Å². The second-order valence-corrected chi connectivity index (χ2v) is 7.06. The Hall–Kier alpha value is -3.12. The summed E-state index contributed by atoms with van der Waals surface area (Å²) < 4.78 is 11.0. The summed E-state index contributed by atoms with van der Waals surface area (Å²) in [6.45, 7) is 5.44. The van der Waals surface area contributed by atoms with Crippen molar-refractivity contribution in [1.82, 2.24) is 9.80 Å². The van der Waals surface area contributed by atoms with Crippen LogP contribution in [0.2, 0.25) is 0 Å². The topological polar surface area (TPSA) is 63.0 Å². The molecule has 1 aromatic heterocycles. The van der Waals surface area contributed by atoms with Gasteiger partial charge in [0.2, 0.25) is 5.76 Å². The first-order chi connectivity index (χ1) is 14.2. The lowest BCUT2D eigenvalue weighted by molar-refractivity contribution is 0.0488. The number of ether oxygens (including phenoxy) is 1. The largest absolute Gasteiger partial charge is 0.460 e. The fourth-order valence-electron chi connectivity index (χ4n) is 3.71. The number of amides is 1. The van der Waals surface area contributed by atoms with Gasteiger partial charge in [-0.15, -0.1) is 0 Å². The third-order valence-electron chi connectivity index (χ3n) is 5.22. The van der Waals surface area contributed by atoms with Gasteiger partial charge in [0.25, 0.3) is 5.91 Å².